The number of sulfone groups is 1. The zero-order valence-corrected chi connectivity index (χ0v) is 21.3. The SMILES string of the molecule is CC1=CC(C)CC(C2(Cc3nc(=O)c(O)c4n3C[C@H](CCS(C)(=O)=O)N(C)C4=O)CCCC2)=C1. The van der Waals surface area contributed by atoms with Crippen molar-refractivity contribution in [1.82, 2.24) is 14.5 Å². The van der Waals surface area contributed by atoms with Gasteiger partial charge in [0.25, 0.3) is 5.91 Å². The van der Waals surface area contributed by atoms with Crippen molar-refractivity contribution in [3.63, 3.8) is 0 Å². The highest BCUT2D eigenvalue weighted by Gasteiger charge is 2.42. The first-order valence-electron chi connectivity index (χ1n) is 12.1. The number of nitrogens with zero attached hydrogens (tertiary/aromatic N) is 3. The van der Waals surface area contributed by atoms with Crippen LogP contribution in [0.1, 0.15) is 68.7 Å². The highest BCUT2D eigenvalue weighted by molar-refractivity contribution is 7.90. The summed E-state index contributed by atoms with van der Waals surface area (Å²) in [5.74, 6) is -0.205. The van der Waals surface area contributed by atoms with Gasteiger partial charge in [0.15, 0.2) is 5.69 Å². The molecule has 2 aliphatic carbocycles. The van der Waals surface area contributed by atoms with Crippen LogP contribution in [0.4, 0.5) is 0 Å². The smallest absolute Gasteiger partial charge is 0.315 e. The van der Waals surface area contributed by atoms with Crippen molar-refractivity contribution in [3.8, 4) is 5.75 Å². The quantitative estimate of drug-likeness (QED) is 0.658. The maximum absolute atomic E-state index is 13.2. The van der Waals surface area contributed by atoms with E-state index in [1.807, 2.05) is 0 Å². The minimum absolute atomic E-state index is 0.0386. The molecule has 1 saturated carbocycles. The molecular weight excluding hydrogens is 454 g/mol. The van der Waals surface area contributed by atoms with Crippen molar-refractivity contribution in [3.05, 3.63) is 45.2 Å². The number of carbonyl (C=O) groups excluding carboxylic acids is 1. The van der Waals surface area contributed by atoms with E-state index in [4.69, 9.17) is 0 Å². The van der Waals surface area contributed by atoms with E-state index in [-0.39, 0.29) is 29.3 Å². The Labute approximate surface area is 201 Å². The summed E-state index contributed by atoms with van der Waals surface area (Å²) in [5.41, 5.74) is 1.67. The lowest BCUT2D eigenvalue weighted by atomic mass is 9.70. The second-order valence-electron chi connectivity index (χ2n) is 10.6. The zero-order valence-electron chi connectivity index (χ0n) is 20.5. The third-order valence-corrected chi connectivity index (χ3v) is 8.73. The Morgan fingerprint density at radius 1 is 1.24 bits per heavy atom. The molecular formula is C25H35N3O5S. The van der Waals surface area contributed by atoms with Gasteiger partial charge in [-0.3, -0.25) is 9.59 Å². The second-order valence-corrected chi connectivity index (χ2v) is 12.8. The molecule has 186 valence electrons. The van der Waals surface area contributed by atoms with Crippen LogP contribution in [0.25, 0.3) is 0 Å². The van der Waals surface area contributed by atoms with Gasteiger partial charge < -0.3 is 14.6 Å². The Hall–Kier alpha value is -2.42. The minimum atomic E-state index is -3.20. The highest BCUT2D eigenvalue weighted by atomic mass is 32.2. The van der Waals surface area contributed by atoms with Crippen LogP contribution in [0, 0.1) is 11.3 Å². The summed E-state index contributed by atoms with van der Waals surface area (Å²) < 4.78 is 25.2. The number of hydrogen-bond acceptors (Lipinski definition) is 6. The van der Waals surface area contributed by atoms with E-state index in [2.05, 4.69) is 31.0 Å². The van der Waals surface area contributed by atoms with Crippen LogP contribution in [0.2, 0.25) is 0 Å². The molecule has 8 nitrogen and oxygen atoms in total. The van der Waals surface area contributed by atoms with Gasteiger partial charge in [-0.1, -0.05) is 43.1 Å². The molecule has 1 aliphatic heterocycles. The van der Waals surface area contributed by atoms with Crippen molar-refractivity contribution < 1.29 is 18.3 Å². The average molecular weight is 490 g/mol. The van der Waals surface area contributed by atoms with E-state index >= 15 is 0 Å². The summed E-state index contributed by atoms with van der Waals surface area (Å²) >= 11 is 0. The number of allylic oxidation sites excluding steroid dienone is 4. The average Bonchev–Trinajstić information content (AvgIpc) is 3.21. The largest absolute Gasteiger partial charge is 0.501 e. The Morgan fingerprint density at radius 2 is 1.91 bits per heavy atom. The molecule has 0 bridgehead atoms. The molecule has 1 amide bonds. The summed E-state index contributed by atoms with van der Waals surface area (Å²) in [7, 11) is -1.61. The van der Waals surface area contributed by atoms with Crippen molar-refractivity contribution >= 4 is 15.7 Å². The van der Waals surface area contributed by atoms with E-state index in [9.17, 15) is 23.1 Å². The van der Waals surface area contributed by atoms with Crippen LogP contribution in [0.3, 0.4) is 0 Å². The molecule has 0 aromatic carbocycles. The van der Waals surface area contributed by atoms with Crippen molar-refractivity contribution in [2.75, 3.05) is 19.1 Å². The Balaban J connectivity index is 1.77. The van der Waals surface area contributed by atoms with Crippen LogP contribution < -0.4 is 5.56 Å². The molecule has 0 saturated heterocycles. The van der Waals surface area contributed by atoms with Crippen LogP contribution >= 0.6 is 0 Å². The first-order chi connectivity index (χ1) is 15.9. The summed E-state index contributed by atoms with van der Waals surface area (Å²) in [6, 6.07) is -0.365. The van der Waals surface area contributed by atoms with Crippen LogP contribution in [-0.2, 0) is 22.8 Å². The molecule has 2 atom stereocenters. The number of aromatic hydroxyl groups is 1. The highest BCUT2D eigenvalue weighted by Crippen LogP contribution is 2.50. The van der Waals surface area contributed by atoms with Gasteiger partial charge >= 0.3 is 5.56 Å². The van der Waals surface area contributed by atoms with Crippen LogP contribution in [0.15, 0.2) is 28.1 Å². The first-order valence-corrected chi connectivity index (χ1v) is 14.1. The third kappa shape index (κ3) is 4.72. The lowest BCUT2D eigenvalue weighted by Crippen LogP contribution is -2.48. The summed E-state index contributed by atoms with van der Waals surface area (Å²) in [6.45, 7) is 4.63. The molecule has 0 radical (unpaired) electrons. The minimum Gasteiger partial charge on any atom is -0.501 e. The lowest BCUT2D eigenvalue weighted by Gasteiger charge is -2.39. The number of aromatic nitrogens is 2. The number of hydrogen-bond donors (Lipinski definition) is 1. The van der Waals surface area contributed by atoms with E-state index in [1.54, 1.807) is 11.6 Å². The van der Waals surface area contributed by atoms with E-state index < -0.39 is 27.1 Å². The molecule has 2 heterocycles. The molecule has 4 rings (SSSR count). The van der Waals surface area contributed by atoms with E-state index in [0.29, 0.717) is 24.7 Å². The Kier molecular flexibility index (Phi) is 6.52. The third-order valence-electron chi connectivity index (χ3n) is 7.75. The van der Waals surface area contributed by atoms with Gasteiger partial charge in [0.05, 0.1) is 11.8 Å². The van der Waals surface area contributed by atoms with Crippen LogP contribution in [0.5, 0.6) is 5.75 Å². The molecule has 3 aliphatic rings. The zero-order chi connectivity index (χ0) is 24.8. The Bertz CT molecular complexity index is 1220. The predicted octanol–water partition coefficient (Wildman–Crippen LogP) is 2.85. The first kappa shape index (κ1) is 24.7. The molecule has 1 unspecified atom stereocenters. The molecule has 1 fully saturated rings. The predicted molar refractivity (Wildman–Crippen MR) is 131 cm³/mol. The van der Waals surface area contributed by atoms with Crippen molar-refractivity contribution in [2.24, 2.45) is 11.3 Å². The molecule has 1 aromatic heterocycles. The number of amides is 1. The molecule has 1 N–H and O–H groups in total. The topological polar surface area (TPSA) is 110 Å². The fourth-order valence-electron chi connectivity index (χ4n) is 6.01. The maximum atomic E-state index is 13.2. The summed E-state index contributed by atoms with van der Waals surface area (Å²) in [5, 5.41) is 10.5. The van der Waals surface area contributed by atoms with Crippen molar-refractivity contribution in [1.29, 1.82) is 0 Å². The fourth-order valence-corrected chi connectivity index (χ4v) is 6.71. The van der Waals surface area contributed by atoms with Crippen molar-refractivity contribution in [2.45, 2.75) is 71.4 Å². The number of likely N-dealkylation sites (N-methyl/N-ethyl adjacent to an activating group) is 1. The molecule has 0 spiro atoms. The van der Waals surface area contributed by atoms with Gasteiger partial charge in [0.2, 0.25) is 5.75 Å². The van der Waals surface area contributed by atoms with Gasteiger partial charge in [0, 0.05) is 26.3 Å². The molecule has 34 heavy (non-hydrogen) atoms. The summed E-state index contributed by atoms with van der Waals surface area (Å²) in [6.07, 6.45) is 11.7. The number of carbonyl (C=O) groups is 1. The Morgan fingerprint density at radius 3 is 2.53 bits per heavy atom. The van der Waals surface area contributed by atoms with Crippen LogP contribution in [-0.4, -0.2) is 59.0 Å². The lowest BCUT2D eigenvalue weighted by molar-refractivity contribution is 0.0637. The number of rotatable bonds is 6. The number of fused-ring (bicyclic) bond motifs is 1. The van der Waals surface area contributed by atoms with Gasteiger partial charge in [-0.15, -0.1) is 0 Å². The monoisotopic (exact) mass is 489 g/mol. The summed E-state index contributed by atoms with van der Waals surface area (Å²) in [4.78, 5) is 31.5. The fraction of sp³-hybridized carbons (Fsp3) is 0.640. The van der Waals surface area contributed by atoms with Gasteiger partial charge in [0.1, 0.15) is 15.7 Å². The van der Waals surface area contributed by atoms with Gasteiger partial charge in [-0.05, 0) is 43.9 Å². The standard InChI is InChI=1S/C25H35N3O5S/c1-16-11-17(2)13-18(12-16)25(8-5-6-9-25)14-20-26-23(30)22(29)21-24(31)27(3)19(15-28(20)21)7-10-34(4,32)33/h11-12,17,19,29H,5-10,13-15H2,1-4H3/t17?,19-/m0/s1. The molecule has 9 heteroatoms. The van der Waals surface area contributed by atoms with E-state index in [0.717, 1.165) is 32.1 Å². The molecule has 1 aromatic rings. The van der Waals surface area contributed by atoms with E-state index in [1.165, 1.54) is 22.3 Å². The van der Waals surface area contributed by atoms with Gasteiger partial charge in [-0.2, -0.15) is 4.98 Å². The maximum Gasteiger partial charge on any atom is 0.315 e. The second kappa shape index (κ2) is 8.98. The van der Waals surface area contributed by atoms with Gasteiger partial charge in [-0.25, -0.2) is 8.42 Å². The normalized spacial score (nSPS) is 24.6.